The molecule has 0 N–H and O–H groups in total. The van der Waals surface area contributed by atoms with Crippen molar-refractivity contribution in [2.45, 2.75) is 25.4 Å². The maximum absolute atomic E-state index is 13.3. The van der Waals surface area contributed by atoms with Crippen LogP contribution < -0.4 is 0 Å². The summed E-state index contributed by atoms with van der Waals surface area (Å²) in [6, 6.07) is 12.3. The summed E-state index contributed by atoms with van der Waals surface area (Å²) >= 11 is 0. The topological polar surface area (TPSA) is 53.7 Å². The quantitative estimate of drug-likeness (QED) is 0.719. The molecule has 3 aliphatic heterocycles. The van der Waals surface area contributed by atoms with Crippen LogP contribution in [-0.4, -0.2) is 56.0 Å². The van der Waals surface area contributed by atoms with E-state index in [0.29, 0.717) is 17.5 Å². The SMILES string of the molecule is O=C(c1cnn2ccccc12)N1C[C@@H]2CC[C@H](C1)N(Cc1ccccn1)C2. The molecule has 0 radical (unpaired) electrons. The van der Waals surface area contributed by atoms with Crippen molar-refractivity contribution in [3.63, 3.8) is 0 Å². The molecule has 6 nitrogen and oxygen atoms in total. The van der Waals surface area contributed by atoms with Crippen LogP contribution in [0.5, 0.6) is 0 Å². The average molecular weight is 361 g/mol. The standard InChI is InChI=1S/C21H23N5O/c27-21(19-11-23-26-10-4-2-6-20(19)26)25-13-16-7-8-18(15-25)24(12-16)14-17-5-1-3-9-22-17/h1-6,9-11,16,18H,7-8,12-15H2/t16-,18-/m1/s1. The van der Waals surface area contributed by atoms with Crippen LogP contribution in [0.2, 0.25) is 0 Å². The molecular weight excluding hydrogens is 338 g/mol. The van der Waals surface area contributed by atoms with Gasteiger partial charge in [0.05, 0.1) is 23.0 Å². The normalized spacial score (nSPS) is 22.9. The third-order valence-corrected chi connectivity index (χ3v) is 5.86. The summed E-state index contributed by atoms with van der Waals surface area (Å²) in [4.78, 5) is 22.3. The summed E-state index contributed by atoms with van der Waals surface area (Å²) in [5.74, 6) is 0.631. The molecule has 6 rings (SSSR count). The number of aromatic nitrogens is 3. The number of hydrogen-bond acceptors (Lipinski definition) is 4. The van der Waals surface area contributed by atoms with Gasteiger partial charge in [-0.3, -0.25) is 14.7 Å². The van der Waals surface area contributed by atoms with Crippen molar-refractivity contribution in [1.29, 1.82) is 0 Å². The van der Waals surface area contributed by atoms with Gasteiger partial charge in [0.15, 0.2) is 0 Å². The maximum Gasteiger partial charge on any atom is 0.257 e. The van der Waals surface area contributed by atoms with E-state index in [9.17, 15) is 4.79 Å². The van der Waals surface area contributed by atoms with Crippen molar-refractivity contribution in [3.05, 3.63) is 66.2 Å². The van der Waals surface area contributed by atoms with E-state index in [1.807, 2.05) is 47.6 Å². The lowest BCUT2D eigenvalue weighted by atomic mass is 9.95. The maximum atomic E-state index is 13.3. The molecule has 0 unspecified atom stereocenters. The Hall–Kier alpha value is -2.73. The van der Waals surface area contributed by atoms with Gasteiger partial charge in [-0.2, -0.15) is 5.10 Å². The van der Waals surface area contributed by atoms with Crippen LogP contribution in [0.1, 0.15) is 28.9 Å². The van der Waals surface area contributed by atoms with Gasteiger partial charge in [0.25, 0.3) is 5.91 Å². The van der Waals surface area contributed by atoms with Gasteiger partial charge < -0.3 is 4.90 Å². The van der Waals surface area contributed by atoms with E-state index in [2.05, 4.69) is 21.0 Å². The fourth-order valence-corrected chi connectivity index (χ4v) is 4.51. The average Bonchev–Trinajstić information content (AvgIpc) is 2.92. The van der Waals surface area contributed by atoms with Crippen LogP contribution in [0.15, 0.2) is 55.0 Å². The van der Waals surface area contributed by atoms with Crippen molar-refractivity contribution in [2.75, 3.05) is 19.6 Å². The van der Waals surface area contributed by atoms with Crippen LogP contribution in [0.25, 0.3) is 5.52 Å². The highest BCUT2D eigenvalue weighted by molar-refractivity contribution is 6.00. The number of hydrogen-bond donors (Lipinski definition) is 0. The van der Waals surface area contributed by atoms with E-state index in [1.165, 1.54) is 6.42 Å². The molecule has 3 fully saturated rings. The molecule has 3 saturated heterocycles. The van der Waals surface area contributed by atoms with Gasteiger partial charge in [0.1, 0.15) is 0 Å². The van der Waals surface area contributed by atoms with E-state index < -0.39 is 0 Å². The molecule has 0 saturated carbocycles. The minimum absolute atomic E-state index is 0.104. The molecule has 6 heterocycles. The van der Waals surface area contributed by atoms with E-state index in [1.54, 1.807) is 10.7 Å². The zero-order valence-electron chi connectivity index (χ0n) is 15.2. The number of amides is 1. The van der Waals surface area contributed by atoms with Crippen LogP contribution >= 0.6 is 0 Å². The summed E-state index contributed by atoms with van der Waals surface area (Å²) in [5.41, 5.74) is 2.68. The third kappa shape index (κ3) is 3.10. The molecule has 138 valence electrons. The molecule has 3 aromatic heterocycles. The second kappa shape index (κ2) is 6.78. The number of carbonyl (C=O) groups is 1. The van der Waals surface area contributed by atoms with Gasteiger partial charge in [-0.15, -0.1) is 0 Å². The highest BCUT2D eigenvalue weighted by Crippen LogP contribution is 2.30. The molecule has 1 amide bonds. The molecule has 0 aliphatic carbocycles. The van der Waals surface area contributed by atoms with Gasteiger partial charge in [0.2, 0.25) is 0 Å². The molecule has 27 heavy (non-hydrogen) atoms. The highest BCUT2D eigenvalue weighted by Gasteiger charge is 2.37. The first-order valence-corrected chi connectivity index (χ1v) is 9.63. The first kappa shape index (κ1) is 16.4. The lowest BCUT2D eigenvalue weighted by Crippen LogP contribution is -2.44. The van der Waals surface area contributed by atoms with Gasteiger partial charge >= 0.3 is 0 Å². The first-order valence-electron chi connectivity index (χ1n) is 9.63. The Bertz CT molecular complexity index is 953. The van der Waals surface area contributed by atoms with Crippen LogP contribution in [-0.2, 0) is 6.54 Å². The molecule has 0 spiro atoms. The van der Waals surface area contributed by atoms with Crippen molar-refractivity contribution < 1.29 is 4.79 Å². The van der Waals surface area contributed by atoms with Crippen LogP contribution in [0.3, 0.4) is 0 Å². The molecule has 3 aliphatic rings. The Morgan fingerprint density at radius 2 is 2.00 bits per heavy atom. The number of carbonyl (C=O) groups excluding carboxylic acids is 1. The predicted octanol–water partition coefficient (Wildman–Crippen LogP) is 2.47. The lowest BCUT2D eigenvalue weighted by Gasteiger charge is -2.35. The zero-order valence-corrected chi connectivity index (χ0v) is 15.2. The minimum Gasteiger partial charge on any atom is -0.337 e. The first-order chi connectivity index (χ1) is 13.3. The molecular formula is C21H23N5O. The number of fused-ring (bicyclic) bond motifs is 5. The number of nitrogens with zero attached hydrogens (tertiary/aromatic N) is 5. The Morgan fingerprint density at radius 1 is 1.07 bits per heavy atom. The Balaban J connectivity index is 1.37. The Kier molecular flexibility index (Phi) is 4.13. The van der Waals surface area contributed by atoms with Gasteiger partial charge in [-0.05, 0) is 43.0 Å². The summed E-state index contributed by atoms with van der Waals surface area (Å²) in [6.45, 7) is 3.52. The van der Waals surface area contributed by atoms with E-state index in [0.717, 1.165) is 43.8 Å². The second-order valence-corrected chi connectivity index (χ2v) is 7.65. The van der Waals surface area contributed by atoms with Crippen LogP contribution in [0, 0.1) is 5.92 Å². The summed E-state index contributed by atoms with van der Waals surface area (Å²) in [7, 11) is 0. The third-order valence-electron chi connectivity index (χ3n) is 5.86. The van der Waals surface area contributed by atoms with Crippen molar-refractivity contribution in [1.82, 2.24) is 24.4 Å². The predicted molar refractivity (Wildman–Crippen MR) is 102 cm³/mol. The molecule has 6 heteroatoms. The molecule has 0 aromatic carbocycles. The Labute approximate surface area is 158 Å². The number of piperidine rings is 1. The molecule has 2 atom stereocenters. The molecule has 3 aromatic rings. The fourth-order valence-electron chi connectivity index (χ4n) is 4.51. The van der Waals surface area contributed by atoms with Crippen molar-refractivity contribution in [3.8, 4) is 0 Å². The zero-order chi connectivity index (χ0) is 18.2. The number of rotatable bonds is 3. The minimum atomic E-state index is 0.104. The van der Waals surface area contributed by atoms with E-state index >= 15 is 0 Å². The Morgan fingerprint density at radius 3 is 2.89 bits per heavy atom. The lowest BCUT2D eigenvalue weighted by molar-refractivity contribution is 0.0737. The van der Waals surface area contributed by atoms with Crippen LogP contribution in [0.4, 0.5) is 0 Å². The van der Waals surface area contributed by atoms with Gasteiger partial charge in [-0.25, -0.2) is 4.52 Å². The van der Waals surface area contributed by atoms with Gasteiger partial charge in [-0.1, -0.05) is 12.1 Å². The van der Waals surface area contributed by atoms with E-state index in [-0.39, 0.29) is 5.91 Å². The summed E-state index contributed by atoms with van der Waals surface area (Å²) in [5, 5.41) is 4.33. The second-order valence-electron chi connectivity index (χ2n) is 7.65. The molecule has 2 bridgehead atoms. The highest BCUT2D eigenvalue weighted by atomic mass is 16.2. The fraction of sp³-hybridized carbons (Fsp3) is 0.381. The monoisotopic (exact) mass is 361 g/mol. The van der Waals surface area contributed by atoms with Crippen molar-refractivity contribution >= 4 is 11.4 Å². The smallest absolute Gasteiger partial charge is 0.257 e. The van der Waals surface area contributed by atoms with E-state index in [4.69, 9.17) is 0 Å². The summed E-state index contributed by atoms with van der Waals surface area (Å²) in [6.07, 6.45) is 7.79. The number of pyridine rings is 2. The summed E-state index contributed by atoms with van der Waals surface area (Å²) < 4.78 is 1.77. The largest absolute Gasteiger partial charge is 0.337 e. The van der Waals surface area contributed by atoms with Gasteiger partial charge in [0, 0.05) is 44.6 Å². The van der Waals surface area contributed by atoms with Crippen molar-refractivity contribution in [2.24, 2.45) is 5.92 Å².